The van der Waals surface area contributed by atoms with Crippen molar-refractivity contribution in [2.75, 3.05) is 6.54 Å². The number of hydrogen-bond acceptors (Lipinski definition) is 1. The minimum atomic E-state index is 0.948. The first kappa shape index (κ1) is 12.8. The van der Waals surface area contributed by atoms with E-state index in [1.807, 2.05) is 0 Å². The topological polar surface area (TPSA) is 12.0 Å². The maximum Gasteiger partial charge on any atom is 0.0205 e. The van der Waals surface area contributed by atoms with Gasteiger partial charge in [-0.1, -0.05) is 55.0 Å². The van der Waals surface area contributed by atoms with Crippen LogP contribution < -0.4 is 5.32 Å². The summed E-state index contributed by atoms with van der Waals surface area (Å²) < 4.78 is 0. The van der Waals surface area contributed by atoms with Gasteiger partial charge in [0.2, 0.25) is 0 Å². The zero-order valence-electron chi connectivity index (χ0n) is 11.5. The van der Waals surface area contributed by atoms with Crippen LogP contribution in [0.15, 0.2) is 42.5 Å². The summed E-state index contributed by atoms with van der Waals surface area (Å²) in [5, 5.41) is 3.34. The van der Waals surface area contributed by atoms with Gasteiger partial charge in [0.15, 0.2) is 0 Å². The Bertz CT molecular complexity index is 512. The minimum Gasteiger partial charge on any atom is -0.313 e. The van der Waals surface area contributed by atoms with Crippen molar-refractivity contribution in [2.24, 2.45) is 0 Å². The summed E-state index contributed by atoms with van der Waals surface area (Å²) in [7, 11) is 0. The largest absolute Gasteiger partial charge is 0.313 e. The van der Waals surface area contributed by atoms with Gasteiger partial charge in [-0.05, 0) is 42.6 Å². The second-order valence-corrected chi connectivity index (χ2v) is 4.80. The van der Waals surface area contributed by atoms with Crippen molar-refractivity contribution < 1.29 is 0 Å². The van der Waals surface area contributed by atoms with Crippen molar-refractivity contribution in [3.63, 3.8) is 0 Å². The molecule has 0 bridgehead atoms. The molecule has 1 nitrogen and oxygen atoms in total. The fourth-order valence-electron chi connectivity index (χ4n) is 2.21. The van der Waals surface area contributed by atoms with Gasteiger partial charge in [-0.15, -0.1) is 0 Å². The number of nitrogens with one attached hydrogen (secondary N) is 1. The zero-order chi connectivity index (χ0) is 13.0. The van der Waals surface area contributed by atoms with Crippen LogP contribution in [0.3, 0.4) is 0 Å². The van der Waals surface area contributed by atoms with Crippen LogP contribution in [0.5, 0.6) is 0 Å². The van der Waals surface area contributed by atoms with E-state index >= 15 is 0 Å². The molecule has 94 valence electrons. The van der Waals surface area contributed by atoms with Crippen LogP contribution >= 0.6 is 0 Å². The molecule has 0 aliphatic heterocycles. The normalized spacial score (nSPS) is 10.6. The van der Waals surface area contributed by atoms with Crippen LogP contribution in [-0.2, 0) is 6.54 Å². The summed E-state index contributed by atoms with van der Waals surface area (Å²) in [4.78, 5) is 0. The predicted octanol–water partition coefficient (Wildman–Crippen LogP) is 4.08. The highest BCUT2D eigenvalue weighted by molar-refractivity contribution is 5.67. The number of rotatable bonds is 4. The average molecular weight is 239 g/mol. The fourth-order valence-corrected chi connectivity index (χ4v) is 2.21. The van der Waals surface area contributed by atoms with E-state index in [2.05, 4.69) is 68.6 Å². The second-order valence-electron chi connectivity index (χ2n) is 4.80. The number of benzene rings is 2. The summed E-state index contributed by atoms with van der Waals surface area (Å²) in [6, 6.07) is 15.5. The van der Waals surface area contributed by atoms with Crippen LogP contribution in [0, 0.1) is 13.8 Å². The first-order valence-corrected chi connectivity index (χ1v) is 6.58. The Balaban J connectivity index is 2.23. The first-order chi connectivity index (χ1) is 8.70. The van der Waals surface area contributed by atoms with Gasteiger partial charge in [0, 0.05) is 6.54 Å². The average Bonchev–Trinajstić information content (AvgIpc) is 2.37. The number of aryl methyl sites for hydroxylation is 2. The molecule has 0 saturated carbocycles. The molecule has 2 aromatic rings. The third-order valence-electron chi connectivity index (χ3n) is 3.23. The highest BCUT2D eigenvalue weighted by atomic mass is 14.8. The minimum absolute atomic E-state index is 0.948. The predicted molar refractivity (Wildman–Crippen MR) is 78.7 cm³/mol. The van der Waals surface area contributed by atoms with Crippen molar-refractivity contribution in [1.82, 2.24) is 5.32 Å². The van der Waals surface area contributed by atoms with Gasteiger partial charge in [-0.3, -0.25) is 0 Å². The van der Waals surface area contributed by atoms with Crippen LogP contribution in [0.1, 0.15) is 23.6 Å². The second kappa shape index (κ2) is 5.83. The van der Waals surface area contributed by atoms with Gasteiger partial charge in [0.05, 0.1) is 0 Å². The summed E-state index contributed by atoms with van der Waals surface area (Å²) in [5.74, 6) is 0. The van der Waals surface area contributed by atoms with E-state index in [0.717, 1.165) is 13.1 Å². The smallest absolute Gasteiger partial charge is 0.0205 e. The molecule has 0 aliphatic carbocycles. The van der Waals surface area contributed by atoms with E-state index in [0.29, 0.717) is 0 Å². The maximum atomic E-state index is 3.34. The first-order valence-electron chi connectivity index (χ1n) is 6.58. The molecule has 1 heteroatoms. The molecule has 0 atom stereocenters. The van der Waals surface area contributed by atoms with Crippen LogP contribution in [0.4, 0.5) is 0 Å². The summed E-state index contributed by atoms with van der Waals surface area (Å²) in [6.07, 6.45) is 0. The molecule has 0 fully saturated rings. The molecule has 0 unspecified atom stereocenters. The van der Waals surface area contributed by atoms with Gasteiger partial charge in [0.25, 0.3) is 0 Å². The van der Waals surface area contributed by atoms with Crippen LogP contribution in [-0.4, -0.2) is 6.54 Å². The van der Waals surface area contributed by atoms with Gasteiger partial charge in [-0.2, -0.15) is 0 Å². The molecule has 1 N–H and O–H groups in total. The molecule has 0 saturated heterocycles. The van der Waals surface area contributed by atoms with E-state index in [9.17, 15) is 0 Å². The van der Waals surface area contributed by atoms with E-state index in [1.54, 1.807) is 0 Å². The Morgan fingerprint density at radius 2 is 1.67 bits per heavy atom. The van der Waals surface area contributed by atoms with Crippen LogP contribution in [0.25, 0.3) is 11.1 Å². The monoisotopic (exact) mass is 239 g/mol. The van der Waals surface area contributed by atoms with E-state index < -0.39 is 0 Å². The van der Waals surface area contributed by atoms with Crippen molar-refractivity contribution in [3.05, 3.63) is 59.2 Å². The molecule has 2 aromatic carbocycles. The fraction of sp³-hybridized carbons (Fsp3) is 0.294. The molecule has 0 aromatic heterocycles. The Morgan fingerprint density at radius 3 is 2.28 bits per heavy atom. The highest BCUT2D eigenvalue weighted by Crippen LogP contribution is 2.24. The third-order valence-corrected chi connectivity index (χ3v) is 3.23. The van der Waals surface area contributed by atoms with E-state index in [4.69, 9.17) is 0 Å². The zero-order valence-corrected chi connectivity index (χ0v) is 11.5. The van der Waals surface area contributed by atoms with Crippen molar-refractivity contribution in [2.45, 2.75) is 27.3 Å². The molecular weight excluding hydrogens is 218 g/mol. The SMILES string of the molecule is CCNCc1ccc(-c2ccc(C)cc2C)cc1. The molecule has 0 amide bonds. The summed E-state index contributed by atoms with van der Waals surface area (Å²) in [5.41, 5.74) is 6.63. The molecule has 0 radical (unpaired) electrons. The Morgan fingerprint density at radius 1 is 0.944 bits per heavy atom. The quantitative estimate of drug-likeness (QED) is 0.847. The van der Waals surface area contributed by atoms with Crippen molar-refractivity contribution in [3.8, 4) is 11.1 Å². The third kappa shape index (κ3) is 2.99. The van der Waals surface area contributed by atoms with Crippen molar-refractivity contribution in [1.29, 1.82) is 0 Å². The van der Waals surface area contributed by atoms with Gasteiger partial charge < -0.3 is 5.32 Å². The van der Waals surface area contributed by atoms with Gasteiger partial charge in [-0.25, -0.2) is 0 Å². The lowest BCUT2D eigenvalue weighted by molar-refractivity contribution is 0.727. The van der Waals surface area contributed by atoms with Gasteiger partial charge >= 0.3 is 0 Å². The Hall–Kier alpha value is -1.60. The standard InChI is InChI=1S/C17H21N/c1-4-18-12-15-6-8-16(9-7-15)17-10-5-13(2)11-14(17)3/h5-11,18H,4,12H2,1-3H3. The van der Waals surface area contributed by atoms with Crippen molar-refractivity contribution >= 4 is 0 Å². The Labute approximate surface area is 110 Å². The molecule has 0 heterocycles. The molecule has 0 spiro atoms. The molecule has 0 aliphatic rings. The van der Waals surface area contributed by atoms with E-state index in [-0.39, 0.29) is 0 Å². The lowest BCUT2D eigenvalue weighted by Crippen LogP contribution is -2.11. The summed E-state index contributed by atoms with van der Waals surface area (Å²) >= 11 is 0. The van der Waals surface area contributed by atoms with Crippen LogP contribution in [0.2, 0.25) is 0 Å². The molecule has 18 heavy (non-hydrogen) atoms. The lowest BCUT2D eigenvalue weighted by atomic mass is 9.98. The van der Waals surface area contributed by atoms with E-state index in [1.165, 1.54) is 27.8 Å². The van der Waals surface area contributed by atoms with Gasteiger partial charge in [0.1, 0.15) is 0 Å². The number of hydrogen-bond donors (Lipinski definition) is 1. The summed E-state index contributed by atoms with van der Waals surface area (Å²) in [6.45, 7) is 8.40. The molecule has 2 rings (SSSR count). The molecular formula is C17H21N. The lowest BCUT2D eigenvalue weighted by Gasteiger charge is -2.08. The maximum absolute atomic E-state index is 3.34. The highest BCUT2D eigenvalue weighted by Gasteiger charge is 2.02. The Kier molecular flexibility index (Phi) is 4.16.